The highest BCUT2D eigenvalue weighted by Crippen LogP contribution is 2.29. The third-order valence-corrected chi connectivity index (χ3v) is 3.46. The van der Waals surface area contributed by atoms with E-state index in [9.17, 15) is 9.90 Å². The zero-order chi connectivity index (χ0) is 14.1. The van der Waals surface area contributed by atoms with E-state index in [-0.39, 0.29) is 17.6 Å². The maximum absolute atomic E-state index is 11.8. The second-order valence-electron chi connectivity index (χ2n) is 4.79. The number of fused-ring (bicyclic) bond motifs is 1. The quantitative estimate of drug-likeness (QED) is 0.843. The van der Waals surface area contributed by atoms with Crippen molar-refractivity contribution >= 4 is 5.97 Å². The Hall–Kier alpha value is -2.37. The van der Waals surface area contributed by atoms with Crippen molar-refractivity contribution in [1.82, 2.24) is 14.8 Å². The van der Waals surface area contributed by atoms with Gasteiger partial charge in [0, 0.05) is 12.1 Å². The van der Waals surface area contributed by atoms with Gasteiger partial charge in [0.1, 0.15) is 17.5 Å². The summed E-state index contributed by atoms with van der Waals surface area (Å²) >= 11 is 0. The number of carbonyl (C=O) groups excluding carboxylic acids is 1. The molecule has 1 aliphatic heterocycles. The molecule has 1 aliphatic rings. The summed E-state index contributed by atoms with van der Waals surface area (Å²) in [6.45, 7) is 0.745. The minimum absolute atomic E-state index is 0.166. The molecule has 1 aromatic heterocycles. The van der Waals surface area contributed by atoms with Crippen LogP contribution >= 0.6 is 0 Å². The van der Waals surface area contributed by atoms with E-state index in [0.29, 0.717) is 11.6 Å². The summed E-state index contributed by atoms with van der Waals surface area (Å²) in [6.07, 6.45) is 1.60. The maximum atomic E-state index is 11.8. The summed E-state index contributed by atoms with van der Waals surface area (Å²) in [4.78, 5) is 16.2. The van der Waals surface area contributed by atoms with E-state index in [4.69, 9.17) is 4.74 Å². The molecule has 2 aromatic rings. The lowest BCUT2D eigenvalue weighted by atomic mass is 9.99. The molecular weight excluding hydrogens is 258 g/mol. The molecule has 0 spiro atoms. The number of methoxy groups -OCH3 is 1. The molecule has 6 nitrogen and oxygen atoms in total. The summed E-state index contributed by atoms with van der Waals surface area (Å²) in [5.41, 5.74) is 0.732. The minimum Gasteiger partial charge on any atom is -0.508 e. The molecular formula is C14H15N3O3. The summed E-state index contributed by atoms with van der Waals surface area (Å²) < 4.78 is 6.58. The average molecular weight is 273 g/mol. The number of esters is 1. The highest BCUT2D eigenvalue weighted by molar-refractivity contribution is 5.77. The molecule has 3 rings (SSSR count). The number of nitrogens with zero attached hydrogens (tertiary/aromatic N) is 3. The molecule has 0 bridgehead atoms. The molecule has 1 aromatic carbocycles. The van der Waals surface area contributed by atoms with Crippen LogP contribution in [0.2, 0.25) is 0 Å². The number of hydrogen-bond donors (Lipinski definition) is 1. The molecule has 1 unspecified atom stereocenters. The van der Waals surface area contributed by atoms with Gasteiger partial charge in [0.15, 0.2) is 5.82 Å². The van der Waals surface area contributed by atoms with E-state index in [1.807, 2.05) is 6.07 Å². The van der Waals surface area contributed by atoms with Crippen molar-refractivity contribution in [1.29, 1.82) is 0 Å². The van der Waals surface area contributed by atoms with Crippen LogP contribution in [-0.2, 0) is 16.1 Å². The summed E-state index contributed by atoms with van der Waals surface area (Å²) in [7, 11) is 1.38. The Kier molecular flexibility index (Phi) is 3.14. The first kappa shape index (κ1) is 12.7. The SMILES string of the molecule is COC(=O)C1CCCn2nc(-c3cccc(O)c3)nc21. The topological polar surface area (TPSA) is 77.2 Å². The molecule has 0 saturated heterocycles. The monoisotopic (exact) mass is 273 g/mol. The Morgan fingerprint density at radius 1 is 1.50 bits per heavy atom. The first-order chi connectivity index (χ1) is 9.69. The summed E-state index contributed by atoms with van der Waals surface area (Å²) in [6, 6.07) is 6.77. The van der Waals surface area contributed by atoms with Crippen LogP contribution in [0.3, 0.4) is 0 Å². The molecule has 20 heavy (non-hydrogen) atoms. The van der Waals surface area contributed by atoms with Crippen molar-refractivity contribution in [2.24, 2.45) is 0 Å². The molecule has 0 radical (unpaired) electrons. The van der Waals surface area contributed by atoms with Crippen LogP contribution in [0, 0.1) is 0 Å². The van der Waals surface area contributed by atoms with E-state index in [0.717, 1.165) is 24.9 Å². The van der Waals surface area contributed by atoms with Crippen LogP contribution in [0.4, 0.5) is 0 Å². The van der Waals surface area contributed by atoms with Crippen LogP contribution in [0.1, 0.15) is 24.6 Å². The van der Waals surface area contributed by atoms with Gasteiger partial charge in [0.05, 0.1) is 7.11 Å². The van der Waals surface area contributed by atoms with Crippen LogP contribution < -0.4 is 0 Å². The van der Waals surface area contributed by atoms with Gasteiger partial charge < -0.3 is 9.84 Å². The third kappa shape index (κ3) is 2.13. The van der Waals surface area contributed by atoms with Crippen molar-refractivity contribution in [3.8, 4) is 17.1 Å². The number of aromatic nitrogens is 3. The molecule has 1 atom stereocenters. The van der Waals surface area contributed by atoms with E-state index in [1.165, 1.54) is 7.11 Å². The van der Waals surface area contributed by atoms with Crippen molar-refractivity contribution < 1.29 is 14.6 Å². The van der Waals surface area contributed by atoms with E-state index in [1.54, 1.807) is 22.9 Å². The molecule has 0 amide bonds. The minimum atomic E-state index is -0.354. The number of aromatic hydroxyl groups is 1. The number of phenols is 1. The van der Waals surface area contributed by atoms with Gasteiger partial charge in [-0.3, -0.25) is 4.79 Å². The van der Waals surface area contributed by atoms with Crippen LogP contribution in [0.25, 0.3) is 11.4 Å². The number of ether oxygens (including phenoxy) is 1. The molecule has 2 heterocycles. The number of phenolic OH excluding ortho intramolecular Hbond substituents is 1. The van der Waals surface area contributed by atoms with Crippen molar-refractivity contribution in [2.75, 3.05) is 7.11 Å². The lowest BCUT2D eigenvalue weighted by Crippen LogP contribution is -2.24. The van der Waals surface area contributed by atoms with Crippen molar-refractivity contribution in [2.45, 2.75) is 25.3 Å². The smallest absolute Gasteiger partial charge is 0.316 e. The van der Waals surface area contributed by atoms with Gasteiger partial charge in [-0.2, -0.15) is 5.10 Å². The largest absolute Gasteiger partial charge is 0.508 e. The van der Waals surface area contributed by atoms with Crippen molar-refractivity contribution in [3.63, 3.8) is 0 Å². The Morgan fingerprint density at radius 2 is 2.35 bits per heavy atom. The first-order valence-electron chi connectivity index (χ1n) is 6.51. The van der Waals surface area contributed by atoms with E-state index in [2.05, 4.69) is 10.1 Å². The predicted molar refractivity (Wildman–Crippen MR) is 71.1 cm³/mol. The van der Waals surface area contributed by atoms with E-state index < -0.39 is 0 Å². The lowest BCUT2D eigenvalue weighted by molar-refractivity contribution is -0.143. The van der Waals surface area contributed by atoms with Gasteiger partial charge in [0.25, 0.3) is 0 Å². The Morgan fingerprint density at radius 3 is 3.10 bits per heavy atom. The molecule has 0 aliphatic carbocycles. The third-order valence-electron chi connectivity index (χ3n) is 3.46. The number of rotatable bonds is 2. The predicted octanol–water partition coefficient (Wildman–Crippen LogP) is 1.70. The fraction of sp³-hybridized carbons (Fsp3) is 0.357. The van der Waals surface area contributed by atoms with Gasteiger partial charge in [-0.1, -0.05) is 12.1 Å². The van der Waals surface area contributed by atoms with Crippen molar-refractivity contribution in [3.05, 3.63) is 30.1 Å². The van der Waals surface area contributed by atoms with Gasteiger partial charge in [-0.25, -0.2) is 9.67 Å². The summed E-state index contributed by atoms with van der Waals surface area (Å²) in [5.74, 6) is 0.695. The Balaban J connectivity index is 2.01. The fourth-order valence-electron chi connectivity index (χ4n) is 2.48. The van der Waals surface area contributed by atoms with Crippen LogP contribution in [0.15, 0.2) is 24.3 Å². The number of aryl methyl sites for hydroxylation is 1. The number of hydrogen-bond acceptors (Lipinski definition) is 5. The Bertz CT molecular complexity index is 651. The zero-order valence-electron chi connectivity index (χ0n) is 11.1. The maximum Gasteiger partial charge on any atom is 0.316 e. The number of benzene rings is 1. The molecule has 104 valence electrons. The normalized spacial score (nSPS) is 17.6. The van der Waals surface area contributed by atoms with E-state index >= 15 is 0 Å². The lowest BCUT2D eigenvalue weighted by Gasteiger charge is -2.19. The zero-order valence-corrected chi connectivity index (χ0v) is 11.1. The molecule has 6 heteroatoms. The highest BCUT2D eigenvalue weighted by Gasteiger charge is 2.31. The van der Waals surface area contributed by atoms with Crippen LogP contribution in [-0.4, -0.2) is 33.0 Å². The average Bonchev–Trinajstić information content (AvgIpc) is 2.90. The molecule has 1 N–H and O–H groups in total. The second kappa shape index (κ2) is 4.96. The number of carbonyl (C=O) groups is 1. The first-order valence-corrected chi connectivity index (χ1v) is 6.51. The fourth-order valence-corrected chi connectivity index (χ4v) is 2.48. The van der Waals surface area contributed by atoms with Gasteiger partial charge in [-0.05, 0) is 25.0 Å². The van der Waals surface area contributed by atoms with Gasteiger partial charge in [0.2, 0.25) is 0 Å². The van der Waals surface area contributed by atoms with Crippen LogP contribution in [0.5, 0.6) is 5.75 Å². The summed E-state index contributed by atoms with van der Waals surface area (Å²) in [5, 5.41) is 13.9. The molecule has 0 saturated carbocycles. The molecule has 0 fully saturated rings. The van der Waals surface area contributed by atoms with Gasteiger partial charge >= 0.3 is 5.97 Å². The second-order valence-corrected chi connectivity index (χ2v) is 4.79. The van der Waals surface area contributed by atoms with Gasteiger partial charge in [-0.15, -0.1) is 0 Å². The highest BCUT2D eigenvalue weighted by atomic mass is 16.5. The Labute approximate surface area is 116 Å². The standard InChI is InChI=1S/C14H15N3O3/c1-20-14(19)11-6-3-7-17-13(11)15-12(16-17)9-4-2-5-10(18)8-9/h2,4-5,8,11,18H,3,6-7H2,1H3.